The van der Waals surface area contributed by atoms with E-state index in [9.17, 15) is 14.0 Å². The molecule has 0 bridgehead atoms. The molecule has 2 aromatic carbocycles. The Labute approximate surface area is 150 Å². The van der Waals surface area contributed by atoms with Gasteiger partial charge in [0, 0.05) is 12.8 Å². The number of ether oxygens (including phenoxy) is 2. The van der Waals surface area contributed by atoms with E-state index < -0.39 is 6.10 Å². The smallest absolute Gasteiger partial charge is 0.268 e. The summed E-state index contributed by atoms with van der Waals surface area (Å²) in [5, 5.41) is 2.70. The molecule has 0 fully saturated rings. The van der Waals surface area contributed by atoms with Gasteiger partial charge in [0.05, 0.1) is 12.2 Å². The standard InChI is InChI=1S/C19H19FN2O4/c1-12-19(24)22(10-13-3-5-14(20)6-4-13)16-9-15(7-8-17(16)26-12)21-18(23)11-25-2/h3-9,12H,10-11H2,1-2H3,(H,21,23). The third-order valence-electron chi connectivity index (χ3n) is 3.98. The van der Waals surface area contributed by atoms with Crippen LogP contribution in [0, 0.1) is 5.82 Å². The molecule has 6 nitrogen and oxygen atoms in total. The summed E-state index contributed by atoms with van der Waals surface area (Å²) < 4.78 is 23.6. The maximum absolute atomic E-state index is 13.1. The average molecular weight is 358 g/mol. The fourth-order valence-electron chi connectivity index (χ4n) is 2.75. The van der Waals surface area contributed by atoms with Gasteiger partial charge >= 0.3 is 0 Å². The summed E-state index contributed by atoms with van der Waals surface area (Å²) >= 11 is 0. The van der Waals surface area contributed by atoms with Gasteiger partial charge in [0.25, 0.3) is 5.91 Å². The number of rotatable bonds is 5. The Morgan fingerprint density at radius 1 is 1.27 bits per heavy atom. The molecule has 1 aliphatic rings. The number of fused-ring (bicyclic) bond motifs is 1. The van der Waals surface area contributed by atoms with Crippen LogP contribution in [0.5, 0.6) is 5.75 Å². The molecule has 1 heterocycles. The molecule has 1 atom stereocenters. The van der Waals surface area contributed by atoms with Crippen molar-refractivity contribution >= 4 is 23.2 Å². The monoisotopic (exact) mass is 358 g/mol. The molecule has 26 heavy (non-hydrogen) atoms. The molecule has 0 aromatic heterocycles. The zero-order chi connectivity index (χ0) is 18.7. The van der Waals surface area contributed by atoms with Crippen LogP contribution in [0.4, 0.5) is 15.8 Å². The Bertz CT molecular complexity index is 823. The highest BCUT2D eigenvalue weighted by Gasteiger charge is 2.31. The summed E-state index contributed by atoms with van der Waals surface area (Å²) in [6.07, 6.45) is -0.628. The summed E-state index contributed by atoms with van der Waals surface area (Å²) in [5.41, 5.74) is 1.86. The fraction of sp³-hybridized carbons (Fsp3) is 0.263. The first kappa shape index (κ1) is 17.9. The van der Waals surface area contributed by atoms with Crippen LogP contribution in [0.3, 0.4) is 0 Å². The van der Waals surface area contributed by atoms with Crippen molar-refractivity contribution in [2.24, 2.45) is 0 Å². The van der Waals surface area contributed by atoms with Crippen molar-refractivity contribution in [2.45, 2.75) is 19.6 Å². The van der Waals surface area contributed by atoms with E-state index in [0.717, 1.165) is 5.56 Å². The van der Waals surface area contributed by atoms with Crippen molar-refractivity contribution in [3.05, 3.63) is 53.8 Å². The van der Waals surface area contributed by atoms with Crippen LogP contribution in [0.15, 0.2) is 42.5 Å². The van der Waals surface area contributed by atoms with Crippen molar-refractivity contribution in [3.63, 3.8) is 0 Å². The average Bonchev–Trinajstić information content (AvgIpc) is 2.61. The molecule has 0 radical (unpaired) electrons. The number of anilines is 2. The predicted octanol–water partition coefficient (Wildman–Crippen LogP) is 2.72. The van der Waals surface area contributed by atoms with E-state index in [1.165, 1.54) is 19.2 Å². The fourth-order valence-corrected chi connectivity index (χ4v) is 2.75. The third-order valence-corrected chi connectivity index (χ3v) is 3.98. The molecule has 1 aliphatic heterocycles. The molecule has 1 N–H and O–H groups in total. The third kappa shape index (κ3) is 3.83. The number of carbonyl (C=O) groups is 2. The predicted molar refractivity (Wildman–Crippen MR) is 94.6 cm³/mol. The Hall–Kier alpha value is -2.93. The van der Waals surface area contributed by atoms with Crippen LogP contribution in [0.2, 0.25) is 0 Å². The SMILES string of the molecule is COCC(=O)Nc1ccc2c(c1)N(Cc1ccc(F)cc1)C(=O)C(C)O2. The van der Waals surface area contributed by atoms with Gasteiger partial charge in [-0.15, -0.1) is 0 Å². The van der Waals surface area contributed by atoms with Crippen LogP contribution in [-0.2, 0) is 20.9 Å². The topological polar surface area (TPSA) is 67.9 Å². The Morgan fingerprint density at radius 3 is 2.69 bits per heavy atom. The summed E-state index contributed by atoms with van der Waals surface area (Å²) in [6, 6.07) is 11.1. The van der Waals surface area contributed by atoms with E-state index in [1.54, 1.807) is 42.2 Å². The lowest BCUT2D eigenvalue weighted by Crippen LogP contribution is -2.44. The molecule has 2 amide bonds. The van der Waals surface area contributed by atoms with Crippen LogP contribution >= 0.6 is 0 Å². The highest BCUT2D eigenvalue weighted by molar-refractivity contribution is 6.01. The van der Waals surface area contributed by atoms with Crippen LogP contribution in [0.25, 0.3) is 0 Å². The van der Waals surface area contributed by atoms with Gasteiger partial charge in [-0.1, -0.05) is 12.1 Å². The number of hydrogen-bond donors (Lipinski definition) is 1. The van der Waals surface area contributed by atoms with E-state index in [-0.39, 0.29) is 30.8 Å². The van der Waals surface area contributed by atoms with E-state index >= 15 is 0 Å². The molecule has 136 valence electrons. The first-order valence-corrected chi connectivity index (χ1v) is 8.13. The van der Waals surface area contributed by atoms with Crippen LogP contribution < -0.4 is 15.0 Å². The lowest BCUT2D eigenvalue weighted by Gasteiger charge is -2.33. The zero-order valence-corrected chi connectivity index (χ0v) is 14.5. The van der Waals surface area contributed by atoms with Gasteiger partial charge in [-0.05, 0) is 42.8 Å². The van der Waals surface area contributed by atoms with Crippen molar-refractivity contribution in [2.75, 3.05) is 23.9 Å². The van der Waals surface area contributed by atoms with Gasteiger partial charge < -0.3 is 19.7 Å². The summed E-state index contributed by atoms with van der Waals surface area (Å²) in [7, 11) is 1.44. The second-order valence-corrected chi connectivity index (χ2v) is 5.97. The lowest BCUT2D eigenvalue weighted by molar-refractivity contribution is -0.125. The first-order chi connectivity index (χ1) is 12.5. The molecule has 0 spiro atoms. The lowest BCUT2D eigenvalue weighted by atomic mass is 10.1. The molecule has 1 unspecified atom stereocenters. The van der Waals surface area contributed by atoms with E-state index in [0.29, 0.717) is 17.1 Å². The highest BCUT2D eigenvalue weighted by Crippen LogP contribution is 2.37. The van der Waals surface area contributed by atoms with Gasteiger partial charge in [-0.3, -0.25) is 9.59 Å². The second-order valence-electron chi connectivity index (χ2n) is 5.97. The number of nitrogens with zero attached hydrogens (tertiary/aromatic N) is 1. The molecule has 0 aliphatic carbocycles. The number of hydrogen-bond acceptors (Lipinski definition) is 4. The van der Waals surface area contributed by atoms with Gasteiger partial charge in [-0.25, -0.2) is 4.39 Å². The normalized spacial score (nSPS) is 16.0. The largest absolute Gasteiger partial charge is 0.479 e. The quantitative estimate of drug-likeness (QED) is 0.892. The summed E-state index contributed by atoms with van der Waals surface area (Å²) in [4.78, 5) is 25.9. The minimum atomic E-state index is -0.628. The van der Waals surface area contributed by atoms with E-state index in [1.807, 2.05) is 0 Å². The molecular weight excluding hydrogens is 339 g/mol. The van der Waals surface area contributed by atoms with Crippen LogP contribution in [0.1, 0.15) is 12.5 Å². The van der Waals surface area contributed by atoms with Crippen molar-refractivity contribution in [3.8, 4) is 5.75 Å². The maximum atomic E-state index is 13.1. The molecule has 2 aromatic rings. The summed E-state index contributed by atoms with van der Waals surface area (Å²) in [5.74, 6) is -0.293. The number of halogens is 1. The Balaban J connectivity index is 1.90. The van der Waals surface area contributed by atoms with Crippen molar-refractivity contribution < 1.29 is 23.5 Å². The number of amides is 2. The maximum Gasteiger partial charge on any atom is 0.268 e. The van der Waals surface area contributed by atoms with Crippen molar-refractivity contribution in [1.82, 2.24) is 0 Å². The zero-order valence-electron chi connectivity index (χ0n) is 14.5. The molecular formula is C19H19FN2O4. The number of methoxy groups -OCH3 is 1. The first-order valence-electron chi connectivity index (χ1n) is 8.13. The van der Waals surface area contributed by atoms with Gasteiger partial charge in [-0.2, -0.15) is 0 Å². The molecule has 0 saturated heterocycles. The minimum absolute atomic E-state index is 0.0666. The number of nitrogens with one attached hydrogen (secondary N) is 1. The van der Waals surface area contributed by atoms with Gasteiger partial charge in [0.1, 0.15) is 18.2 Å². The molecule has 7 heteroatoms. The van der Waals surface area contributed by atoms with E-state index in [2.05, 4.69) is 5.32 Å². The Morgan fingerprint density at radius 2 is 2.00 bits per heavy atom. The van der Waals surface area contributed by atoms with Crippen molar-refractivity contribution in [1.29, 1.82) is 0 Å². The van der Waals surface area contributed by atoms with E-state index in [4.69, 9.17) is 9.47 Å². The Kier molecular flexibility index (Phi) is 5.18. The van der Waals surface area contributed by atoms with Gasteiger partial charge in [0.15, 0.2) is 6.10 Å². The number of carbonyl (C=O) groups excluding carboxylic acids is 2. The highest BCUT2D eigenvalue weighted by atomic mass is 19.1. The van der Waals surface area contributed by atoms with Gasteiger partial charge in [0.2, 0.25) is 5.91 Å². The molecule has 0 saturated carbocycles. The molecule has 3 rings (SSSR count). The second kappa shape index (κ2) is 7.53. The number of benzene rings is 2. The summed E-state index contributed by atoms with van der Waals surface area (Å²) in [6.45, 7) is 1.88. The van der Waals surface area contributed by atoms with Crippen LogP contribution in [-0.4, -0.2) is 31.6 Å². The minimum Gasteiger partial charge on any atom is -0.479 e.